The van der Waals surface area contributed by atoms with E-state index in [9.17, 15) is 18.0 Å². The number of halogens is 1. The SMILES string of the molecule is C/C=C/C1C2(CCNCC2)c2cc(C(=O)NCc3ccccc3Cl)ccc2[N+]1(C(C)=O)S(=O)(=O)c1ccc(OC)cc1. The second kappa shape index (κ2) is 11.6. The molecule has 2 atom stereocenters. The molecule has 2 aliphatic rings. The van der Waals surface area contributed by atoms with Gasteiger partial charge in [0.05, 0.1) is 19.4 Å². The van der Waals surface area contributed by atoms with Crippen LogP contribution in [-0.2, 0) is 26.8 Å². The molecule has 1 spiro atoms. The van der Waals surface area contributed by atoms with E-state index in [2.05, 4.69) is 10.6 Å². The number of quaternary nitrogens is 1. The number of hydrogen-bond acceptors (Lipinski definition) is 6. The maximum absolute atomic E-state index is 14.8. The summed E-state index contributed by atoms with van der Waals surface area (Å²) in [7, 11) is -2.81. The average molecular weight is 609 g/mol. The lowest BCUT2D eigenvalue weighted by molar-refractivity contribution is -0.125. The third kappa shape index (κ3) is 4.65. The van der Waals surface area contributed by atoms with Crippen molar-refractivity contribution in [2.75, 3.05) is 20.2 Å². The van der Waals surface area contributed by atoms with E-state index in [4.69, 9.17) is 16.3 Å². The van der Waals surface area contributed by atoms with E-state index in [0.29, 0.717) is 53.5 Å². The van der Waals surface area contributed by atoms with Crippen LogP contribution in [0.2, 0.25) is 5.02 Å². The number of carbonyl (C=O) groups excluding carboxylic acids is 2. The van der Waals surface area contributed by atoms with E-state index >= 15 is 0 Å². The standard InChI is InChI=1S/C32H34ClN3O5S/c1-4-7-30-32(16-18-34-19-17-32)27-20-23(31(38)35-21-24-8-5-6-9-28(24)33)10-15-29(27)36(30,22(2)37)42(39,40)26-13-11-25(41-3)12-14-26/h4-15,20,30,34H,16-19,21H2,1-3H3/p+1/b7-4+. The topological polar surface area (TPSA) is 102 Å². The van der Waals surface area contributed by atoms with Crippen molar-refractivity contribution in [3.8, 4) is 5.75 Å². The van der Waals surface area contributed by atoms with Crippen molar-refractivity contribution in [3.05, 3.63) is 101 Å². The number of sulfonamides is 1. The number of allylic oxidation sites excluding steroid dienone is 1. The summed E-state index contributed by atoms with van der Waals surface area (Å²) in [4.78, 5) is 27.3. The van der Waals surface area contributed by atoms with Gasteiger partial charge in [-0.1, -0.05) is 35.9 Å². The summed E-state index contributed by atoms with van der Waals surface area (Å²) in [6.45, 7) is 4.71. The Bertz CT molecular complexity index is 1650. The summed E-state index contributed by atoms with van der Waals surface area (Å²) in [6.07, 6.45) is 4.87. The molecule has 2 N–H and O–H groups in total. The molecule has 0 saturated carbocycles. The molecule has 8 nitrogen and oxygen atoms in total. The van der Waals surface area contributed by atoms with Crippen LogP contribution in [0.25, 0.3) is 0 Å². The van der Waals surface area contributed by atoms with Gasteiger partial charge < -0.3 is 15.4 Å². The molecule has 220 valence electrons. The Morgan fingerprint density at radius 1 is 1.10 bits per heavy atom. The minimum atomic E-state index is -4.32. The highest BCUT2D eigenvalue weighted by Gasteiger charge is 2.69. The van der Waals surface area contributed by atoms with Gasteiger partial charge in [-0.25, -0.2) is 4.79 Å². The number of ether oxygens (including phenoxy) is 1. The molecule has 0 radical (unpaired) electrons. The molecule has 2 heterocycles. The van der Waals surface area contributed by atoms with Gasteiger partial charge in [0.2, 0.25) is 0 Å². The average Bonchev–Trinajstić information content (AvgIpc) is 3.23. The Hall–Kier alpha value is -3.50. The van der Waals surface area contributed by atoms with Crippen LogP contribution in [0.5, 0.6) is 5.75 Å². The molecule has 1 fully saturated rings. The van der Waals surface area contributed by atoms with Crippen LogP contribution in [0.1, 0.15) is 48.2 Å². The number of nitrogens with one attached hydrogen (secondary N) is 2. The van der Waals surface area contributed by atoms with E-state index in [1.165, 1.54) is 26.2 Å². The number of carbonyl (C=O) groups is 2. The summed E-state index contributed by atoms with van der Waals surface area (Å²) in [6, 6.07) is 17.7. The fourth-order valence-corrected chi connectivity index (χ4v) is 8.94. The number of benzene rings is 3. The van der Waals surface area contributed by atoms with Crippen LogP contribution < -0.4 is 19.3 Å². The van der Waals surface area contributed by atoms with Gasteiger partial charge in [0.25, 0.3) is 5.91 Å². The lowest BCUT2D eigenvalue weighted by Gasteiger charge is -2.42. The minimum Gasteiger partial charge on any atom is -0.497 e. The normalized spacial score (nSPS) is 21.3. The Balaban J connectivity index is 1.69. The number of hydrogen-bond donors (Lipinski definition) is 2. The summed E-state index contributed by atoms with van der Waals surface area (Å²) < 4.78 is 33.9. The fourth-order valence-electron chi connectivity index (χ4n) is 6.60. The fraction of sp³-hybridized carbons (Fsp3) is 0.312. The van der Waals surface area contributed by atoms with E-state index < -0.39 is 31.3 Å². The lowest BCUT2D eigenvalue weighted by atomic mass is 9.69. The number of methoxy groups -OCH3 is 1. The van der Waals surface area contributed by atoms with Gasteiger partial charge in [-0.2, -0.15) is 8.42 Å². The summed E-state index contributed by atoms with van der Waals surface area (Å²) in [5.41, 5.74) is 1.57. The Labute approximate surface area is 252 Å². The predicted molar refractivity (Wildman–Crippen MR) is 164 cm³/mol. The van der Waals surface area contributed by atoms with Crippen molar-refractivity contribution in [2.45, 2.75) is 49.6 Å². The van der Waals surface area contributed by atoms with Crippen molar-refractivity contribution < 1.29 is 22.7 Å². The van der Waals surface area contributed by atoms with Gasteiger partial charge in [0.1, 0.15) is 16.7 Å². The van der Waals surface area contributed by atoms with Crippen LogP contribution in [0.15, 0.2) is 83.8 Å². The van der Waals surface area contributed by atoms with Gasteiger partial charge in [0, 0.05) is 28.8 Å². The van der Waals surface area contributed by atoms with Crippen LogP contribution in [0.3, 0.4) is 0 Å². The molecular formula is C32H35ClN3O5S+. The van der Waals surface area contributed by atoms with Gasteiger partial charge >= 0.3 is 15.9 Å². The highest BCUT2D eigenvalue weighted by molar-refractivity contribution is 7.91. The molecule has 10 heteroatoms. The zero-order valence-electron chi connectivity index (χ0n) is 23.9. The molecule has 2 aliphatic heterocycles. The monoisotopic (exact) mass is 608 g/mol. The molecular weight excluding hydrogens is 574 g/mol. The van der Waals surface area contributed by atoms with Gasteiger partial charge in [-0.05, 0) is 87.0 Å². The first-order valence-corrected chi connectivity index (χ1v) is 15.7. The number of amides is 2. The molecule has 5 rings (SSSR count). The van der Waals surface area contributed by atoms with Gasteiger partial charge in [-0.15, -0.1) is 3.89 Å². The van der Waals surface area contributed by atoms with Gasteiger partial charge in [-0.3, -0.25) is 4.79 Å². The van der Waals surface area contributed by atoms with E-state index in [1.54, 1.807) is 36.4 Å². The van der Waals surface area contributed by atoms with Crippen molar-refractivity contribution in [3.63, 3.8) is 0 Å². The maximum atomic E-state index is 14.8. The molecule has 0 aliphatic carbocycles. The number of piperidine rings is 1. The second-order valence-corrected chi connectivity index (χ2v) is 13.1. The second-order valence-electron chi connectivity index (χ2n) is 10.7. The maximum Gasteiger partial charge on any atom is 0.339 e. The summed E-state index contributed by atoms with van der Waals surface area (Å²) >= 11 is 6.28. The number of fused-ring (bicyclic) bond motifs is 2. The van der Waals surface area contributed by atoms with Crippen LogP contribution in [0, 0.1) is 0 Å². The first kappa shape index (κ1) is 30.0. The first-order valence-electron chi connectivity index (χ1n) is 13.9. The zero-order valence-corrected chi connectivity index (χ0v) is 25.5. The molecule has 1 saturated heterocycles. The Morgan fingerprint density at radius 2 is 1.79 bits per heavy atom. The predicted octanol–water partition coefficient (Wildman–Crippen LogP) is 5.10. The van der Waals surface area contributed by atoms with Crippen LogP contribution in [-0.4, -0.2) is 46.5 Å². The number of nitrogens with zero attached hydrogens (tertiary/aromatic N) is 1. The molecule has 3 aromatic carbocycles. The molecule has 2 unspecified atom stereocenters. The van der Waals surface area contributed by atoms with Gasteiger partial charge in [0.15, 0.2) is 5.69 Å². The van der Waals surface area contributed by atoms with Crippen molar-refractivity contribution in [1.29, 1.82) is 0 Å². The quantitative estimate of drug-likeness (QED) is 0.286. The highest BCUT2D eigenvalue weighted by atomic mass is 35.5. The van der Waals surface area contributed by atoms with Crippen LogP contribution >= 0.6 is 11.6 Å². The molecule has 3 aromatic rings. The van der Waals surface area contributed by atoms with E-state index in [-0.39, 0.29) is 17.3 Å². The van der Waals surface area contributed by atoms with E-state index in [0.717, 1.165) is 5.56 Å². The third-order valence-corrected chi connectivity index (χ3v) is 11.3. The van der Waals surface area contributed by atoms with Crippen molar-refractivity contribution >= 4 is 39.1 Å². The first-order chi connectivity index (χ1) is 20.1. The smallest absolute Gasteiger partial charge is 0.339 e. The van der Waals surface area contributed by atoms with Crippen molar-refractivity contribution in [1.82, 2.24) is 14.5 Å². The summed E-state index contributed by atoms with van der Waals surface area (Å²) in [5.74, 6) is -0.311. The molecule has 2 amide bonds. The number of rotatable bonds is 7. The Morgan fingerprint density at radius 3 is 2.40 bits per heavy atom. The Kier molecular flexibility index (Phi) is 8.31. The minimum absolute atomic E-state index is 0.0199. The van der Waals surface area contributed by atoms with E-state index in [1.807, 2.05) is 37.3 Å². The lowest BCUT2D eigenvalue weighted by Crippen LogP contribution is -2.65. The molecule has 0 bridgehead atoms. The van der Waals surface area contributed by atoms with Crippen molar-refractivity contribution in [2.24, 2.45) is 0 Å². The third-order valence-electron chi connectivity index (χ3n) is 8.58. The highest BCUT2D eigenvalue weighted by Crippen LogP contribution is 2.57. The van der Waals surface area contributed by atoms with Crippen LogP contribution in [0.4, 0.5) is 5.69 Å². The largest absolute Gasteiger partial charge is 0.497 e. The molecule has 0 aromatic heterocycles. The zero-order chi connectivity index (χ0) is 30.1. The molecule has 42 heavy (non-hydrogen) atoms. The summed E-state index contributed by atoms with van der Waals surface area (Å²) in [5, 5.41) is 6.87.